The maximum absolute atomic E-state index is 13.3. The Morgan fingerprint density at radius 1 is 0.872 bits per heavy atom. The molecule has 5 rings (SSSR count). The van der Waals surface area contributed by atoms with E-state index in [0.717, 1.165) is 44.2 Å². The lowest BCUT2D eigenvalue weighted by Crippen LogP contribution is -2.43. The first kappa shape index (κ1) is 26.5. The quantitative estimate of drug-likeness (QED) is 0.251. The van der Waals surface area contributed by atoms with Crippen molar-refractivity contribution >= 4 is 34.5 Å². The number of cyclic esters (lactones) is 1. The molecule has 8 heteroatoms. The van der Waals surface area contributed by atoms with Crippen molar-refractivity contribution in [2.24, 2.45) is 5.41 Å². The molecule has 3 aromatic carbocycles. The van der Waals surface area contributed by atoms with Crippen LogP contribution in [0, 0.1) is 19.3 Å². The molecule has 1 fully saturated rings. The van der Waals surface area contributed by atoms with Gasteiger partial charge in [0.05, 0.1) is 32.6 Å². The highest BCUT2D eigenvalue weighted by molar-refractivity contribution is 6.09. The minimum absolute atomic E-state index is 0.109. The summed E-state index contributed by atoms with van der Waals surface area (Å²) < 4.78 is 21.7. The molecule has 1 aliphatic carbocycles. The molecule has 1 aliphatic heterocycles. The lowest BCUT2D eigenvalue weighted by Gasteiger charge is -2.33. The first-order chi connectivity index (χ1) is 18.5. The van der Waals surface area contributed by atoms with Gasteiger partial charge in [0.15, 0.2) is 5.41 Å². The Morgan fingerprint density at radius 3 is 2.05 bits per heavy atom. The van der Waals surface area contributed by atoms with Crippen LogP contribution in [0.2, 0.25) is 0 Å². The Kier molecular flexibility index (Phi) is 6.32. The number of ether oxygens (including phenoxy) is 4. The van der Waals surface area contributed by atoms with Gasteiger partial charge in [-0.05, 0) is 66.8 Å². The second-order valence-corrected chi connectivity index (χ2v) is 10.9. The van der Waals surface area contributed by atoms with E-state index < -0.39 is 29.0 Å². The second kappa shape index (κ2) is 9.29. The minimum atomic E-state index is -1.51. The molecule has 0 aromatic heterocycles. The summed E-state index contributed by atoms with van der Waals surface area (Å²) in [5.74, 6) is -0.639. The average Bonchev–Trinajstić information content (AvgIpc) is 3.48. The van der Waals surface area contributed by atoms with Crippen LogP contribution in [0.25, 0.3) is 21.9 Å². The number of rotatable bonds is 5. The fraction of sp³-hybridized carbons (Fsp3) is 0.387. The summed E-state index contributed by atoms with van der Waals surface area (Å²) in [6.45, 7) is 8.04. The van der Waals surface area contributed by atoms with Crippen molar-refractivity contribution in [3.8, 4) is 16.9 Å². The molecule has 204 valence electrons. The highest BCUT2D eigenvalue weighted by Gasteiger charge is 2.55. The number of hydrogen-bond acceptors (Lipinski definition) is 7. The topological polar surface area (TPSA) is 91.4 Å². The van der Waals surface area contributed by atoms with Crippen molar-refractivity contribution in [1.29, 1.82) is 0 Å². The van der Waals surface area contributed by atoms with Gasteiger partial charge in [0, 0.05) is 24.0 Å². The van der Waals surface area contributed by atoms with Gasteiger partial charge >= 0.3 is 18.0 Å². The van der Waals surface area contributed by atoms with E-state index in [-0.39, 0.29) is 19.4 Å². The zero-order valence-electron chi connectivity index (χ0n) is 23.4. The van der Waals surface area contributed by atoms with Crippen molar-refractivity contribution in [2.75, 3.05) is 32.8 Å². The van der Waals surface area contributed by atoms with Crippen LogP contribution in [-0.2, 0) is 36.6 Å². The number of amides is 1. The Balaban J connectivity index is 1.92. The van der Waals surface area contributed by atoms with Gasteiger partial charge in [-0.15, -0.1) is 0 Å². The Morgan fingerprint density at radius 2 is 1.49 bits per heavy atom. The predicted octanol–water partition coefficient (Wildman–Crippen LogP) is 5.30. The van der Waals surface area contributed by atoms with Gasteiger partial charge in [-0.3, -0.25) is 14.5 Å². The standard InChI is InChI=1S/C31H33NO7/c1-17-21-14-31(27(33)37-6,28(34)38-7)15-22(21)18(2)26(32-29(35)39-16-30(32,3)4)24(17)25-20-11-9-8-10-19(20)12-13-23(25)36-5/h8-13H,14-16H2,1-7H3. The normalized spacial score (nSPS) is 17.1. The van der Waals surface area contributed by atoms with Gasteiger partial charge in [-0.1, -0.05) is 30.3 Å². The number of carbonyl (C=O) groups excluding carboxylic acids is 3. The summed E-state index contributed by atoms with van der Waals surface area (Å²) in [6, 6.07) is 11.9. The highest BCUT2D eigenvalue weighted by Crippen LogP contribution is 2.53. The summed E-state index contributed by atoms with van der Waals surface area (Å²) in [4.78, 5) is 41.3. The van der Waals surface area contributed by atoms with Gasteiger partial charge in [-0.2, -0.15) is 0 Å². The molecule has 2 aliphatic rings. The molecule has 0 unspecified atom stereocenters. The lowest BCUT2D eigenvalue weighted by molar-refractivity contribution is -0.168. The number of nitrogens with zero attached hydrogens (tertiary/aromatic N) is 1. The van der Waals surface area contributed by atoms with Gasteiger partial charge in [0.25, 0.3) is 0 Å². The van der Waals surface area contributed by atoms with Crippen LogP contribution < -0.4 is 9.64 Å². The van der Waals surface area contributed by atoms with Crippen LogP contribution >= 0.6 is 0 Å². The third-order valence-electron chi connectivity index (χ3n) is 8.27. The van der Waals surface area contributed by atoms with Crippen molar-refractivity contribution in [1.82, 2.24) is 0 Å². The van der Waals surface area contributed by atoms with Crippen molar-refractivity contribution in [3.63, 3.8) is 0 Å². The molecule has 0 bridgehead atoms. The first-order valence-corrected chi connectivity index (χ1v) is 12.9. The molecular weight excluding hydrogens is 498 g/mol. The van der Waals surface area contributed by atoms with E-state index in [4.69, 9.17) is 18.9 Å². The zero-order valence-corrected chi connectivity index (χ0v) is 23.4. The second-order valence-electron chi connectivity index (χ2n) is 10.9. The van der Waals surface area contributed by atoms with Crippen LogP contribution in [0.3, 0.4) is 0 Å². The van der Waals surface area contributed by atoms with Gasteiger partial charge in [-0.25, -0.2) is 4.79 Å². The van der Waals surface area contributed by atoms with Crippen LogP contribution in [0.5, 0.6) is 5.75 Å². The van der Waals surface area contributed by atoms with Crippen LogP contribution in [0.4, 0.5) is 10.5 Å². The van der Waals surface area contributed by atoms with Crippen molar-refractivity contribution in [3.05, 3.63) is 58.7 Å². The number of esters is 2. The number of fused-ring (bicyclic) bond motifs is 2. The average molecular weight is 532 g/mol. The Bertz CT molecular complexity index is 1520. The maximum Gasteiger partial charge on any atom is 0.415 e. The Hall–Kier alpha value is -4.07. The third kappa shape index (κ3) is 3.76. The van der Waals surface area contributed by atoms with E-state index in [9.17, 15) is 14.4 Å². The van der Waals surface area contributed by atoms with Crippen LogP contribution in [0.15, 0.2) is 36.4 Å². The molecular formula is C31H33NO7. The zero-order chi connectivity index (χ0) is 28.3. The van der Waals surface area contributed by atoms with E-state index in [1.54, 1.807) is 12.0 Å². The molecule has 0 saturated carbocycles. The molecule has 3 aromatic rings. The third-order valence-corrected chi connectivity index (χ3v) is 8.27. The summed E-state index contributed by atoms with van der Waals surface area (Å²) in [7, 11) is 4.17. The van der Waals surface area contributed by atoms with E-state index in [1.165, 1.54) is 14.2 Å². The van der Waals surface area contributed by atoms with Gasteiger partial charge in [0.1, 0.15) is 12.4 Å². The summed E-state index contributed by atoms with van der Waals surface area (Å²) in [5, 5.41) is 1.97. The SMILES string of the molecule is COC(=O)C1(C(=O)OC)Cc2c(C)c(-c3c(OC)ccc4ccccc34)c(N3C(=O)OCC3(C)C)c(C)c2C1. The molecule has 0 N–H and O–H groups in total. The largest absolute Gasteiger partial charge is 0.496 e. The fourth-order valence-corrected chi connectivity index (χ4v) is 6.29. The molecule has 0 spiro atoms. The molecule has 1 heterocycles. The van der Waals surface area contributed by atoms with Crippen molar-refractivity contribution in [2.45, 2.75) is 46.1 Å². The molecule has 1 saturated heterocycles. The maximum atomic E-state index is 13.3. The number of hydrogen-bond donors (Lipinski definition) is 0. The number of benzene rings is 3. The smallest absolute Gasteiger partial charge is 0.415 e. The van der Waals surface area contributed by atoms with E-state index in [1.807, 2.05) is 64.1 Å². The molecule has 1 amide bonds. The lowest BCUT2D eigenvalue weighted by atomic mass is 9.84. The molecule has 39 heavy (non-hydrogen) atoms. The summed E-state index contributed by atoms with van der Waals surface area (Å²) in [5.41, 5.74) is 3.50. The van der Waals surface area contributed by atoms with Gasteiger partial charge < -0.3 is 18.9 Å². The summed E-state index contributed by atoms with van der Waals surface area (Å²) >= 11 is 0. The molecule has 0 atom stereocenters. The predicted molar refractivity (Wildman–Crippen MR) is 147 cm³/mol. The monoisotopic (exact) mass is 531 g/mol. The van der Waals surface area contributed by atoms with E-state index in [2.05, 4.69) is 0 Å². The first-order valence-electron chi connectivity index (χ1n) is 12.9. The highest BCUT2D eigenvalue weighted by atomic mass is 16.6. The van der Waals surface area contributed by atoms with Crippen LogP contribution in [0.1, 0.15) is 36.1 Å². The summed E-state index contributed by atoms with van der Waals surface area (Å²) in [6.07, 6.45) is -0.215. The Labute approximate surface area is 227 Å². The molecule has 8 nitrogen and oxygen atoms in total. The van der Waals surface area contributed by atoms with Gasteiger partial charge in [0.2, 0.25) is 0 Å². The minimum Gasteiger partial charge on any atom is -0.496 e. The number of anilines is 1. The van der Waals surface area contributed by atoms with Crippen molar-refractivity contribution < 1.29 is 33.3 Å². The van der Waals surface area contributed by atoms with E-state index in [0.29, 0.717) is 11.4 Å². The van der Waals surface area contributed by atoms with Crippen LogP contribution in [-0.4, -0.2) is 51.5 Å². The fourth-order valence-electron chi connectivity index (χ4n) is 6.29. The number of carbonyl (C=O) groups is 3. The van der Waals surface area contributed by atoms with E-state index >= 15 is 0 Å². The number of methoxy groups -OCH3 is 3. The molecule has 0 radical (unpaired) electrons.